The lowest BCUT2D eigenvalue weighted by Crippen LogP contribution is -2.44. The Bertz CT molecular complexity index is 948. The van der Waals surface area contributed by atoms with Gasteiger partial charge in [0.15, 0.2) is 0 Å². The Morgan fingerprint density at radius 1 is 1.31 bits per heavy atom. The Hall–Kier alpha value is -2.26. The monoisotopic (exact) mass is 466 g/mol. The maximum absolute atomic E-state index is 14.3. The van der Waals surface area contributed by atoms with Crippen LogP contribution in [-0.4, -0.2) is 53.4 Å². The summed E-state index contributed by atoms with van der Waals surface area (Å²) in [7, 11) is 3.41. The maximum atomic E-state index is 14.3. The van der Waals surface area contributed by atoms with E-state index < -0.39 is 11.5 Å². The van der Waals surface area contributed by atoms with E-state index >= 15 is 0 Å². The van der Waals surface area contributed by atoms with Gasteiger partial charge in [-0.05, 0) is 59.9 Å². The number of hydrogen-bond acceptors (Lipinski definition) is 6. The fourth-order valence-electron chi connectivity index (χ4n) is 3.67. The van der Waals surface area contributed by atoms with Crippen molar-refractivity contribution in [3.05, 3.63) is 56.2 Å². The molecular weight excluding hydrogens is 443 g/mol. The van der Waals surface area contributed by atoms with Gasteiger partial charge < -0.3 is 15.0 Å². The van der Waals surface area contributed by atoms with Gasteiger partial charge in [0.05, 0.1) is 12.2 Å². The highest BCUT2D eigenvalue weighted by Gasteiger charge is 2.28. The number of hydrogen-bond donors (Lipinski definition) is 1. The van der Waals surface area contributed by atoms with Gasteiger partial charge in [-0.1, -0.05) is 12.1 Å². The van der Waals surface area contributed by atoms with Crippen molar-refractivity contribution < 1.29 is 13.9 Å². The van der Waals surface area contributed by atoms with Crippen LogP contribution in [0.5, 0.6) is 0 Å². The fraction of sp³-hybridized carbons (Fsp3) is 0.450. The van der Waals surface area contributed by atoms with Crippen molar-refractivity contribution >= 4 is 27.6 Å². The lowest BCUT2D eigenvalue weighted by atomic mass is 9.88. The SMILES string of the molecule is CCOC(=O)c1ccc([C@H]2C[C@@H](Nc3c(F)nn(C)c(=O)c3Br)CN(C)C2)cc1. The molecule has 1 aliphatic heterocycles. The number of anilines is 1. The van der Waals surface area contributed by atoms with Crippen LogP contribution in [0.4, 0.5) is 10.1 Å². The molecule has 3 rings (SSSR count). The third-order valence-corrected chi connectivity index (χ3v) is 5.76. The first kappa shape index (κ1) is 21.4. The topological polar surface area (TPSA) is 76.5 Å². The molecule has 1 aromatic heterocycles. The van der Waals surface area contributed by atoms with E-state index in [1.807, 2.05) is 19.2 Å². The molecule has 0 amide bonds. The Balaban J connectivity index is 1.77. The van der Waals surface area contributed by atoms with Crippen molar-refractivity contribution in [3.63, 3.8) is 0 Å². The summed E-state index contributed by atoms with van der Waals surface area (Å²) < 4.78 is 20.4. The Kier molecular flexibility index (Phi) is 6.69. The number of esters is 1. The molecule has 1 N–H and O–H groups in total. The summed E-state index contributed by atoms with van der Waals surface area (Å²) in [6.07, 6.45) is 0.754. The number of nitrogens with one attached hydrogen (secondary N) is 1. The Morgan fingerprint density at radius 3 is 2.66 bits per heavy atom. The van der Waals surface area contributed by atoms with Crippen LogP contribution in [0.25, 0.3) is 0 Å². The number of aromatic nitrogens is 2. The first-order valence-corrected chi connectivity index (χ1v) is 10.2. The van der Waals surface area contributed by atoms with Gasteiger partial charge in [0.1, 0.15) is 10.2 Å². The molecule has 1 aromatic carbocycles. The van der Waals surface area contributed by atoms with E-state index in [1.165, 1.54) is 7.05 Å². The number of likely N-dealkylation sites (N-methyl/N-ethyl adjacent to an activating group) is 1. The predicted octanol–water partition coefficient (Wildman–Crippen LogP) is 2.76. The van der Waals surface area contributed by atoms with Crippen LogP contribution < -0.4 is 10.9 Å². The third kappa shape index (κ3) is 4.84. The van der Waals surface area contributed by atoms with Crippen LogP contribution >= 0.6 is 15.9 Å². The summed E-state index contributed by atoms with van der Waals surface area (Å²) in [5.74, 6) is -0.857. The molecule has 0 unspecified atom stereocenters. The molecule has 0 radical (unpaired) electrons. The minimum atomic E-state index is -0.720. The lowest BCUT2D eigenvalue weighted by molar-refractivity contribution is 0.0526. The molecule has 2 aromatic rings. The second-order valence-corrected chi connectivity index (χ2v) is 8.04. The van der Waals surface area contributed by atoms with Crippen molar-refractivity contribution in [2.45, 2.75) is 25.3 Å². The highest BCUT2D eigenvalue weighted by Crippen LogP contribution is 2.30. The zero-order chi connectivity index (χ0) is 21.1. The summed E-state index contributed by atoms with van der Waals surface area (Å²) in [6, 6.07) is 7.34. The Labute approximate surface area is 177 Å². The van der Waals surface area contributed by atoms with Crippen molar-refractivity contribution in [3.8, 4) is 0 Å². The van der Waals surface area contributed by atoms with E-state index in [0.717, 1.165) is 23.2 Å². The van der Waals surface area contributed by atoms with Gasteiger partial charge in [-0.3, -0.25) is 4.79 Å². The maximum Gasteiger partial charge on any atom is 0.338 e. The second-order valence-electron chi connectivity index (χ2n) is 7.25. The smallest absolute Gasteiger partial charge is 0.338 e. The molecule has 0 spiro atoms. The second kappa shape index (κ2) is 9.04. The minimum absolute atomic E-state index is 0.0665. The summed E-state index contributed by atoms with van der Waals surface area (Å²) >= 11 is 3.18. The van der Waals surface area contributed by atoms with Gasteiger partial charge >= 0.3 is 5.97 Å². The van der Waals surface area contributed by atoms with Crippen LogP contribution in [-0.2, 0) is 11.8 Å². The molecule has 2 heterocycles. The first-order valence-electron chi connectivity index (χ1n) is 9.44. The fourth-order valence-corrected chi connectivity index (χ4v) is 4.20. The van der Waals surface area contributed by atoms with Crippen LogP contribution in [0.1, 0.15) is 35.2 Å². The zero-order valence-corrected chi connectivity index (χ0v) is 18.2. The number of rotatable bonds is 5. The standard InChI is InChI=1S/C20H24BrFN4O3/c1-4-29-20(28)13-7-5-12(6-8-13)14-9-15(11-25(2)10-14)23-17-16(21)19(27)26(3)24-18(17)22/h5-8,14-15,23H,4,9-11H2,1-3H3/t14-,15+/m0/s1. The summed E-state index contributed by atoms with van der Waals surface area (Å²) in [4.78, 5) is 26.1. The molecule has 7 nitrogen and oxygen atoms in total. The molecule has 29 heavy (non-hydrogen) atoms. The van der Waals surface area contributed by atoms with E-state index in [-0.39, 0.29) is 28.1 Å². The quantitative estimate of drug-likeness (QED) is 0.682. The van der Waals surface area contributed by atoms with Gasteiger partial charge in [-0.25, -0.2) is 9.48 Å². The normalized spacial score (nSPS) is 19.8. The molecular formula is C20H24BrFN4O3. The lowest BCUT2D eigenvalue weighted by Gasteiger charge is -2.37. The zero-order valence-electron chi connectivity index (χ0n) is 16.6. The average Bonchev–Trinajstić information content (AvgIpc) is 2.69. The molecule has 1 aliphatic rings. The number of likely N-dealkylation sites (tertiary alicyclic amines) is 1. The highest BCUT2D eigenvalue weighted by molar-refractivity contribution is 9.10. The number of piperidine rings is 1. The first-order chi connectivity index (χ1) is 13.8. The summed E-state index contributed by atoms with van der Waals surface area (Å²) in [6.45, 7) is 3.66. The molecule has 2 atom stereocenters. The van der Waals surface area contributed by atoms with Crippen LogP contribution in [0.15, 0.2) is 33.5 Å². The third-order valence-electron chi connectivity index (χ3n) is 5.02. The largest absolute Gasteiger partial charge is 0.462 e. The van der Waals surface area contributed by atoms with Gasteiger partial charge in [0, 0.05) is 26.2 Å². The van der Waals surface area contributed by atoms with Crippen LogP contribution in [0.3, 0.4) is 0 Å². The van der Waals surface area contributed by atoms with E-state index in [2.05, 4.69) is 31.2 Å². The number of aryl methyl sites for hydroxylation is 1. The molecule has 9 heteroatoms. The number of nitrogens with zero attached hydrogens (tertiary/aromatic N) is 3. The predicted molar refractivity (Wildman–Crippen MR) is 112 cm³/mol. The van der Waals surface area contributed by atoms with Gasteiger partial charge in [-0.15, -0.1) is 5.10 Å². The summed E-state index contributed by atoms with van der Waals surface area (Å²) in [5.41, 5.74) is 1.30. The van der Waals surface area contributed by atoms with Crippen molar-refractivity contribution in [2.75, 3.05) is 32.1 Å². The number of ether oxygens (including phenoxy) is 1. The van der Waals surface area contributed by atoms with E-state index in [1.54, 1.807) is 19.1 Å². The number of carbonyl (C=O) groups is 1. The van der Waals surface area contributed by atoms with Crippen molar-refractivity contribution in [2.24, 2.45) is 7.05 Å². The molecule has 0 bridgehead atoms. The highest BCUT2D eigenvalue weighted by atomic mass is 79.9. The summed E-state index contributed by atoms with van der Waals surface area (Å²) in [5, 5.41) is 6.77. The van der Waals surface area contributed by atoms with Gasteiger partial charge in [0.2, 0.25) is 0 Å². The van der Waals surface area contributed by atoms with Gasteiger partial charge in [0.25, 0.3) is 11.5 Å². The van der Waals surface area contributed by atoms with Gasteiger partial charge in [-0.2, -0.15) is 4.39 Å². The van der Waals surface area contributed by atoms with Crippen LogP contribution in [0, 0.1) is 5.95 Å². The molecule has 1 saturated heterocycles. The molecule has 156 valence electrons. The Morgan fingerprint density at radius 2 is 2.00 bits per heavy atom. The average molecular weight is 467 g/mol. The molecule has 0 saturated carbocycles. The number of halogens is 2. The van der Waals surface area contributed by atoms with Crippen molar-refractivity contribution in [1.29, 1.82) is 0 Å². The van der Waals surface area contributed by atoms with E-state index in [4.69, 9.17) is 4.74 Å². The van der Waals surface area contributed by atoms with Crippen molar-refractivity contribution in [1.82, 2.24) is 14.7 Å². The number of carbonyl (C=O) groups excluding carboxylic acids is 1. The molecule has 0 aliphatic carbocycles. The van der Waals surface area contributed by atoms with Crippen LogP contribution in [0.2, 0.25) is 0 Å². The minimum Gasteiger partial charge on any atom is -0.462 e. The van der Waals surface area contributed by atoms with E-state index in [0.29, 0.717) is 18.7 Å². The number of benzene rings is 1. The molecule has 1 fully saturated rings. The van der Waals surface area contributed by atoms with E-state index in [9.17, 15) is 14.0 Å².